The molecule has 0 aromatic heterocycles. The van der Waals surface area contributed by atoms with Gasteiger partial charge in [-0.15, -0.1) is 0 Å². The second kappa shape index (κ2) is 5.93. The number of likely N-dealkylation sites (N-methyl/N-ethyl adjacent to an activating group) is 1. The van der Waals surface area contributed by atoms with Crippen molar-refractivity contribution in [2.45, 2.75) is 25.3 Å². The van der Waals surface area contributed by atoms with E-state index in [1.54, 1.807) is 0 Å². The molecule has 19 heavy (non-hydrogen) atoms. The van der Waals surface area contributed by atoms with Crippen molar-refractivity contribution in [2.75, 3.05) is 45.1 Å². The zero-order chi connectivity index (χ0) is 13.1. The van der Waals surface area contributed by atoms with Crippen LogP contribution in [0.5, 0.6) is 0 Å². The van der Waals surface area contributed by atoms with Gasteiger partial charge in [0.25, 0.3) is 0 Å². The van der Waals surface area contributed by atoms with Crippen LogP contribution < -0.4 is 5.32 Å². The molecule has 3 heteroatoms. The van der Waals surface area contributed by atoms with E-state index in [0.717, 1.165) is 0 Å². The number of nitrogens with zero attached hydrogens (tertiary/aromatic N) is 2. The van der Waals surface area contributed by atoms with Gasteiger partial charge >= 0.3 is 0 Å². The van der Waals surface area contributed by atoms with Gasteiger partial charge in [0.2, 0.25) is 0 Å². The van der Waals surface area contributed by atoms with E-state index in [2.05, 4.69) is 46.4 Å². The minimum Gasteiger partial charge on any atom is -0.382 e. The van der Waals surface area contributed by atoms with Crippen LogP contribution in [0.2, 0.25) is 0 Å². The zero-order valence-corrected chi connectivity index (χ0v) is 11.9. The predicted octanol–water partition coefficient (Wildman–Crippen LogP) is 2.05. The van der Waals surface area contributed by atoms with Crippen molar-refractivity contribution in [3.05, 3.63) is 29.8 Å². The molecule has 0 bridgehead atoms. The molecule has 2 heterocycles. The Hall–Kier alpha value is -1.06. The van der Waals surface area contributed by atoms with Crippen molar-refractivity contribution in [3.8, 4) is 0 Å². The number of fused-ring (bicyclic) bond motifs is 1. The summed E-state index contributed by atoms with van der Waals surface area (Å²) in [5.74, 6) is 0. The third-order valence-electron chi connectivity index (χ3n) is 4.53. The minimum absolute atomic E-state index is 0.662. The van der Waals surface area contributed by atoms with Crippen molar-refractivity contribution < 1.29 is 0 Å². The monoisotopic (exact) mass is 259 g/mol. The van der Waals surface area contributed by atoms with Crippen LogP contribution in [0.3, 0.4) is 0 Å². The smallest absolute Gasteiger partial charge is 0.0374 e. The molecule has 1 fully saturated rings. The molecule has 2 aliphatic heterocycles. The van der Waals surface area contributed by atoms with E-state index in [1.807, 2.05) is 0 Å². The topological polar surface area (TPSA) is 18.5 Å². The molecular weight excluding hydrogens is 234 g/mol. The summed E-state index contributed by atoms with van der Waals surface area (Å²) >= 11 is 0. The highest BCUT2D eigenvalue weighted by molar-refractivity contribution is 5.53. The first-order chi connectivity index (χ1) is 9.31. The number of piperazine rings is 1. The molecule has 0 radical (unpaired) electrons. The number of hydrogen-bond donors (Lipinski definition) is 1. The molecule has 2 aliphatic rings. The van der Waals surface area contributed by atoms with Gasteiger partial charge in [0.1, 0.15) is 0 Å². The van der Waals surface area contributed by atoms with Crippen LogP contribution in [0.15, 0.2) is 24.3 Å². The second-order valence-corrected chi connectivity index (χ2v) is 5.97. The maximum absolute atomic E-state index is 3.71. The third-order valence-corrected chi connectivity index (χ3v) is 4.53. The predicted molar refractivity (Wildman–Crippen MR) is 80.7 cm³/mol. The van der Waals surface area contributed by atoms with Gasteiger partial charge in [-0.25, -0.2) is 0 Å². The first-order valence-electron chi connectivity index (χ1n) is 7.56. The average Bonchev–Trinajstić information content (AvgIpc) is 2.46. The van der Waals surface area contributed by atoms with Gasteiger partial charge < -0.3 is 15.1 Å². The summed E-state index contributed by atoms with van der Waals surface area (Å²) in [4.78, 5) is 5.04. The second-order valence-electron chi connectivity index (χ2n) is 5.97. The Labute approximate surface area is 116 Å². The molecule has 1 unspecified atom stereocenters. The fraction of sp³-hybridized carbons (Fsp3) is 0.625. The number of para-hydroxylation sites is 1. The van der Waals surface area contributed by atoms with E-state index in [-0.39, 0.29) is 0 Å². The van der Waals surface area contributed by atoms with Gasteiger partial charge in [0.15, 0.2) is 0 Å². The highest BCUT2D eigenvalue weighted by atomic mass is 15.2. The van der Waals surface area contributed by atoms with E-state index in [4.69, 9.17) is 0 Å². The normalized spacial score (nSPS) is 24.8. The summed E-state index contributed by atoms with van der Waals surface area (Å²) in [5, 5.41) is 3.71. The van der Waals surface area contributed by atoms with Gasteiger partial charge in [-0.1, -0.05) is 18.2 Å². The van der Waals surface area contributed by atoms with Crippen LogP contribution in [0.25, 0.3) is 0 Å². The van der Waals surface area contributed by atoms with Gasteiger partial charge in [-0.05, 0) is 37.9 Å². The molecule has 1 N–H and O–H groups in total. The first kappa shape index (κ1) is 12.9. The minimum atomic E-state index is 0.662. The van der Waals surface area contributed by atoms with Crippen LogP contribution in [0, 0.1) is 0 Å². The number of rotatable bonds is 3. The van der Waals surface area contributed by atoms with E-state index >= 15 is 0 Å². The van der Waals surface area contributed by atoms with Crippen molar-refractivity contribution in [3.63, 3.8) is 0 Å². The van der Waals surface area contributed by atoms with E-state index in [0.29, 0.717) is 6.04 Å². The zero-order valence-electron chi connectivity index (χ0n) is 11.9. The van der Waals surface area contributed by atoms with Gasteiger partial charge in [0.05, 0.1) is 0 Å². The fourth-order valence-electron chi connectivity index (χ4n) is 3.13. The SMILES string of the molecule is CN1CCN(CCC2CCc3ccccc3N2)CC1. The van der Waals surface area contributed by atoms with Crippen LogP contribution in [-0.2, 0) is 6.42 Å². The lowest BCUT2D eigenvalue weighted by molar-refractivity contribution is 0.150. The van der Waals surface area contributed by atoms with E-state index in [1.165, 1.54) is 63.2 Å². The molecule has 0 aliphatic carbocycles. The number of nitrogens with one attached hydrogen (secondary N) is 1. The Kier molecular flexibility index (Phi) is 4.04. The number of aryl methyl sites for hydroxylation is 1. The molecule has 1 aromatic carbocycles. The summed E-state index contributed by atoms with van der Waals surface area (Å²) in [7, 11) is 2.22. The third kappa shape index (κ3) is 3.28. The number of hydrogen-bond acceptors (Lipinski definition) is 3. The highest BCUT2D eigenvalue weighted by Crippen LogP contribution is 2.25. The van der Waals surface area contributed by atoms with Gasteiger partial charge in [-0.2, -0.15) is 0 Å². The molecule has 0 spiro atoms. The highest BCUT2D eigenvalue weighted by Gasteiger charge is 2.19. The number of anilines is 1. The summed E-state index contributed by atoms with van der Waals surface area (Å²) in [5.41, 5.74) is 2.84. The fourth-order valence-corrected chi connectivity index (χ4v) is 3.13. The van der Waals surface area contributed by atoms with E-state index in [9.17, 15) is 0 Å². The molecule has 0 saturated carbocycles. The maximum atomic E-state index is 3.71. The van der Waals surface area contributed by atoms with Crippen molar-refractivity contribution in [1.82, 2.24) is 9.80 Å². The quantitative estimate of drug-likeness (QED) is 0.896. The standard InChI is InChI=1S/C16H25N3/c1-18-10-12-19(13-11-18)9-8-15-7-6-14-4-2-3-5-16(14)17-15/h2-5,15,17H,6-13H2,1H3. The van der Waals surface area contributed by atoms with Gasteiger partial charge in [-0.3, -0.25) is 0 Å². The molecule has 0 amide bonds. The summed E-state index contributed by atoms with van der Waals surface area (Å²) < 4.78 is 0. The van der Waals surface area contributed by atoms with Crippen LogP contribution in [-0.4, -0.2) is 55.6 Å². The van der Waals surface area contributed by atoms with Gasteiger partial charge in [0, 0.05) is 44.5 Å². The van der Waals surface area contributed by atoms with Crippen molar-refractivity contribution in [1.29, 1.82) is 0 Å². The lowest BCUT2D eigenvalue weighted by atomic mass is 9.96. The lowest BCUT2D eigenvalue weighted by Crippen LogP contribution is -2.45. The van der Waals surface area contributed by atoms with Crippen LogP contribution >= 0.6 is 0 Å². The Balaban J connectivity index is 1.47. The molecular formula is C16H25N3. The summed E-state index contributed by atoms with van der Waals surface area (Å²) in [6, 6.07) is 9.41. The van der Waals surface area contributed by atoms with Crippen molar-refractivity contribution in [2.24, 2.45) is 0 Å². The molecule has 1 saturated heterocycles. The van der Waals surface area contributed by atoms with E-state index < -0.39 is 0 Å². The maximum Gasteiger partial charge on any atom is 0.0374 e. The Morgan fingerprint density at radius 1 is 1.16 bits per heavy atom. The molecule has 3 rings (SSSR count). The number of benzene rings is 1. The Bertz CT molecular complexity index is 410. The Morgan fingerprint density at radius 3 is 2.79 bits per heavy atom. The molecule has 3 nitrogen and oxygen atoms in total. The molecule has 1 aromatic rings. The van der Waals surface area contributed by atoms with Crippen LogP contribution in [0.4, 0.5) is 5.69 Å². The molecule has 104 valence electrons. The van der Waals surface area contributed by atoms with Crippen LogP contribution in [0.1, 0.15) is 18.4 Å². The largest absolute Gasteiger partial charge is 0.382 e. The van der Waals surface area contributed by atoms with Crippen molar-refractivity contribution >= 4 is 5.69 Å². The molecule has 1 atom stereocenters. The summed E-state index contributed by atoms with van der Waals surface area (Å²) in [6.45, 7) is 6.16. The Morgan fingerprint density at radius 2 is 1.95 bits per heavy atom. The average molecular weight is 259 g/mol. The summed E-state index contributed by atoms with van der Waals surface area (Å²) in [6.07, 6.45) is 3.79. The first-order valence-corrected chi connectivity index (χ1v) is 7.56. The lowest BCUT2D eigenvalue weighted by Gasteiger charge is -2.34.